The first kappa shape index (κ1) is 34.9. The van der Waals surface area contributed by atoms with Crippen molar-refractivity contribution in [2.24, 2.45) is 92.7 Å². The van der Waals surface area contributed by atoms with Crippen LogP contribution in [0.1, 0.15) is 134 Å². The van der Waals surface area contributed by atoms with E-state index in [1.165, 1.54) is 51.4 Å². The van der Waals surface area contributed by atoms with E-state index in [0.29, 0.717) is 44.9 Å². The van der Waals surface area contributed by atoms with Gasteiger partial charge in [0.25, 0.3) is 0 Å². The molecule has 0 radical (unpaired) electrons. The first-order chi connectivity index (χ1) is 22.4. The highest BCUT2D eigenvalue weighted by molar-refractivity contribution is 8.01. The Hall–Kier alpha value is -0.180. The van der Waals surface area contributed by atoms with Crippen molar-refractivity contribution in [1.82, 2.24) is 0 Å². The Morgan fingerprint density at radius 2 is 0.688 bits per heavy atom. The van der Waals surface area contributed by atoms with Gasteiger partial charge in [0.1, 0.15) is 0 Å². The molecule has 0 bridgehead atoms. The molecule has 0 heterocycles. The summed E-state index contributed by atoms with van der Waals surface area (Å²) in [5.74, 6) is 13.6. The molecule has 16 atom stereocenters. The maximum Gasteiger partial charge on any atom is 0.368 e. The average Bonchev–Trinajstić information content (AvgIpc) is 3.95. The van der Waals surface area contributed by atoms with Gasteiger partial charge in [-0.25, -0.2) is 0 Å². The lowest BCUT2D eigenvalue weighted by Gasteiger charge is -2.43. The molecule has 8 saturated carbocycles. The summed E-state index contributed by atoms with van der Waals surface area (Å²) in [7, 11) is 0. The summed E-state index contributed by atoms with van der Waals surface area (Å²) in [5, 5.41) is 2.30. The summed E-state index contributed by atoms with van der Waals surface area (Å²) < 4.78 is 15.3. The fourth-order valence-corrected chi connectivity index (χ4v) is 15.1. The molecule has 0 N–H and O–H groups in total. The highest BCUT2D eigenvalue weighted by Crippen LogP contribution is 2.74. The minimum Gasteiger partial charge on any atom is -0.536 e. The van der Waals surface area contributed by atoms with Gasteiger partial charge in [0.2, 0.25) is 5.95 Å². The highest BCUT2D eigenvalue weighted by Gasteiger charge is 2.68. The molecule has 0 spiro atoms. The van der Waals surface area contributed by atoms with Gasteiger partial charge in [-0.1, -0.05) is 83.1 Å². The lowest BCUT2D eigenvalue weighted by molar-refractivity contribution is 0.179. The van der Waals surface area contributed by atoms with E-state index in [4.69, 9.17) is 9.31 Å². The smallest absolute Gasteiger partial charge is 0.368 e. The summed E-state index contributed by atoms with van der Waals surface area (Å²) >= 11 is 1.81. The number of hydrogen-bond donors (Lipinski definition) is 0. The quantitative estimate of drug-likeness (QED) is 0.179. The van der Waals surface area contributed by atoms with Crippen LogP contribution in [0.5, 0.6) is 0 Å². The van der Waals surface area contributed by atoms with Gasteiger partial charge in [0, 0.05) is 5.41 Å². The standard InChI is InChI=1S/C43H72B2O2S/c1-23-14-27-31(40(27,5)6)18-35(23)44(36-19-32-28(15-24(36)2)41(32,7)8)46-39(22-48-13)47-45(37-20-33-29(16-25(37)3)42(33,9)10)38-21-34-30(17-26(38)4)43(34,11)12/h22-38H,14-21H2,1-13H3/t23-,24-,25-,26-,27+,28+,29+,30+,31-,32-,33-,34-,35-,36-,37-,38-/m1/s1. The van der Waals surface area contributed by atoms with Gasteiger partial charge in [0.05, 0.1) is 0 Å². The zero-order chi connectivity index (χ0) is 34.5. The fraction of sp³-hybridized carbons (Fsp3) is 0.953. The maximum absolute atomic E-state index is 7.64. The van der Waals surface area contributed by atoms with E-state index in [1.807, 2.05) is 0 Å². The van der Waals surface area contributed by atoms with Crippen LogP contribution in [0.2, 0.25) is 23.3 Å². The number of hydrogen-bond acceptors (Lipinski definition) is 3. The molecule has 0 saturated heterocycles. The third-order valence-corrected chi connectivity index (χ3v) is 19.5. The minimum absolute atomic E-state index is 0.273. The van der Waals surface area contributed by atoms with Crippen LogP contribution in [0.4, 0.5) is 0 Å². The van der Waals surface area contributed by atoms with E-state index in [-0.39, 0.29) is 13.8 Å². The van der Waals surface area contributed by atoms with E-state index in [9.17, 15) is 0 Å². The third-order valence-electron chi connectivity index (χ3n) is 19.1. The van der Waals surface area contributed by atoms with Gasteiger partial charge in [-0.3, -0.25) is 0 Å². The summed E-state index contributed by atoms with van der Waals surface area (Å²) in [5.41, 5.74) is 2.08. The average molecular weight is 675 g/mol. The van der Waals surface area contributed by atoms with Gasteiger partial charge >= 0.3 is 13.8 Å². The zero-order valence-electron chi connectivity index (χ0n) is 33.4. The lowest BCUT2D eigenvalue weighted by Crippen LogP contribution is -2.43. The molecule has 0 amide bonds. The van der Waals surface area contributed by atoms with E-state index < -0.39 is 0 Å². The largest absolute Gasteiger partial charge is 0.536 e. The molecule has 0 aliphatic heterocycles. The van der Waals surface area contributed by atoms with Crippen LogP contribution in [0.3, 0.4) is 0 Å². The number of thioether (sulfide) groups is 1. The van der Waals surface area contributed by atoms with Crippen molar-refractivity contribution in [3.63, 3.8) is 0 Å². The molecular weight excluding hydrogens is 602 g/mol. The van der Waals surface area contributed by atoms with Crippen LogP contribution in [0.25, 0.3) is 0 Å². The van der Waals surface area contributed by atoms with Gasteiger partial charge < -0.3 is 9.31 Å². The van der Waals surface area contributed by atoms with Gasteiger partial charge in [-0.05, 0) is 174 Å². The molecule has 0 unspecified atom stereocenters. The molecule has 8 fully saturated rings. The summed E-state index contributed by atoms with van der Waals surface area (Å²) in [4.78, 5) is 0. The second-order valence-corrected chi connectivity index (χ2v) is 23.1. The Labute approximate surface area is 301 Å². The van der Waals surface area contributed by atoms with Crippen LogP contribution < -0.4 is 0 Å². The van der Waals surface area contributed by atoms with Crippen LogP contribution in [-0.2, 0) is 9.31 Å². The SMILES string of the molecule is CSC=C(OB([C@@H]1C[C@@H]2[C@H](C[C@H]1C)C2(C)C)[C@@H]1C[C@@H]2[C@H](C[C@H]1C)C2(C)C)OB([C@@H]1C[C@@H]2[C@H](C[C@H]1C)C2(C)C)[C@@H]1C[C@@H]2[C@H](C[C@H]1C)C2(C)C. The van der Waals surface area contributed by atoms with E-state index in [1.54, 1.807) is 11.8 Å². The molecular formula is C43H72B2O2S. The Balaban J connectivity index is 1.10. The topological polar surface area (TPSA) is 18.5 Å². The number of rotatable bonds is 9. The monoisotopic (exact) mass is 675 g/mol. The van der Waals surface area contributed by atoms with Crippen molar-refractivity contribution in [2.75, 3.05) is 6.26 Å². The molecule has 8 rings (SSSR count). The van der Waals surface area contributed by atoms with Gasteiger partial charge in [0.15, 0.2) is 0 Å². The molecule has 0 aromatic rings. The number of fused-ring (bicyclic) bond motifs is 4. The first-order valence-electron chi connectivity index (χ1n) is 21.0. The zero-order valence-corrected chi connectivity index (χ0v) is 34.2. The minimum atomic E-state index is 0.273. The Morgan fingerprint density at radius 1 is 0.458 bits per heavy atom. The van der Waals surface area contributed by atoms with Crippen molar-refractivity contribution in [1.29, 1.82) is 0 Å². The van der Waals surface area contributed by atoms with Gasteiger partial charge in [-0.2, -0.15) is 0 Å². The maximum atomic E-state index is 7.64. The van der Waals surface area contributed by atoms with E-state index in [2.05, 4.69) is 94.7 Å². The molecule has 5 heteroatoms. The third kappa shape index (κ3) is 5.38. The molecule has 8 aliphatic rings. The summed E-state index contributed by atoms with van der Waals surface area (Å²) in [6.07, 6.45) is 13.2. The van der Waals surface area contributed by atoms with Crippen molar-refractivity contribution < 1.29 is 9.31 Å². The van der Waals surface area contributed by atoms with Crippen molar-refractivity contribution in [2.45, 2.75) is 158 Å². The van der Waals surface area contributed by atoms with Crippen LogP contribution in [0.15, 0.2) is 11.4 Å². The lowest BCUT2D eigenvalue weighted by atomic mass is 9.38. The van der Waals surface area contributed by atoms with E-state index >= 15 is 0 Å². The highest BCUT2D eigenvalue weighted by atomic mass is 32.2. The summed E-state index contributed by atoms with van der Waals surface area (Å²) in [6, 6.07) is 0. The molecule has 48 heavy (non-hydrogen) atoms. The van der Waals surface area contributed by atoms with Gasteiger partial charge in [-0.15, -0.1) is 11.8 Å². The molecule has 0 aromatic carbocycles. The van der Waals surface area contributed by atoms with Crippen LogP contribution in [0, 0.1) is 92.7 Å². The normalized spacial score (nSPS) is 50.7. The molecule has 2 nitrogen and oxygen atoms in total. The Bertz CT molecular complexity index is 1110. The van der Waals surface area contributed by atoms with Crippen LogP contribution >= 0.6 is 11.8 Å². The Morgan fingerprint density at radius 3 is 0.917 bits per heavy atom. The van der Waals surface area contributed by atoms with Crippen molar-refractivity contribution in [3.05, 3.63) is 11.4 Å². The molecule has 8 aliphatic carbocycles. The molecule has 268 valence electrons. The van der Waals surface area contributed by atoms with Crippen molar-refractivity contribution in [3.8, 4) is 0 Å². The first-order valence-corrected chi connectivity index (χ1v) is 22.3. The van der Waals surface area contributed by atoms with E-state index in [0.717, 1.165) is 77.0 Å². The van der Waals surface area contributed by atoms with Crippen LogP contribution in [-0.4, -0.2) is 20.1 Å². The van der Waals surface area contributed by atoms with Crippen molar-refractivity contribution >= 4 is 25.6 Å². The predicted octanol–water partition coefficient (Wildman–Crippen LogP) is 12.5. The predicted molar refractivity (Wildman–Crippen MR) is 207 cm³/mol. The second-order valence-electron chi connectivity index (χ2n) is 22.4. The fourth-order valence-electron chi connectivity index (χ4n) is 14.8. The summed E-state index contributed by atoms with van der Waals surface area (Å²) in [6.45, 7) is 31.3. The Kier molecular flexibility index (Phi) is 8.29. The second kappa shape index (κ2) is 11.4. The molecule has 0 aromatic heterocycles.